The highest BCUT2D eigenvalue weighted by atomic mass is 19.4. The average Bonchev–Trinajstić information content (AvgIpc) is 2.85. The second-order valence-electron chi connectivity index (χ2n) is 7.74. The predicted octanol–water partition coefficient (Wildman–Crippen LogP) is 2.10. The molecule has 0 aliphatic heterocycles. The number of rotatable bonds is 11. The zero-order chi connectivity index (χ0) is 27.4. The molecule has 198 valence electrons. The first-order valence-corrected chi connectivity index (χ1v) is 11.0. The van der Waals surface area contributed by atoms with Gasteiger partial charge in [0.1, 0.15) is 0 Å². The van der Waals surface area contributed by atoms with Crippen molar-refractivity contribution in [3.63, 3.8) is 0 Å². The monoisotopic (exact) mass is 522 g/mol. The number of esters is 2. The number of benzene rings is 2. The van der Waals surface area contributed by atoms with Crippen LogP contribution in [0, 0.1) is 0 Å². The number of nitrogens with two attached hydrogens (primary N) is 1. The number of alkyl halides is 3. The molecule has 2 aromatic rings. The number of hydrogen-bond donors (Lipinski definition) is 4. The quantitative estimate of drug-likeness (QED) is 0.201. The fourth-order valence-electron chi connectivity index (χ4n) is 3.13. The molecule has 5 N–H and O–H groups in total. The van der Waals surface area contributed by atoms with Crippen LogP contribution in [-0.4, -0.2) is 49.0 Å². The summed E-state index contributed by atoms with van der Waals surface area (Å²) in [5, 5.41) is 7.11. The molecule has 2 aromatic carbocycles. The molecular weight excluding hydrogens is 497 g/mol. The van der Waals surface area contributed by atoms with Crippen LogP contribution in [0.1, 0.15) is 30.9 Å². The van der Waals surface area contributed by atoms with Gasteiger partial charge in [-0.3, -0.25) is 14.4 Å². The maximum absolute atomic E-state index is 12.4. The third-order valence-corrected chi connectivity index (χ3v) is 4.89. The number of urea groups is 1. The van der Waals surface area contributed by atoms with E-state index in [1.807, 2.05) is 30.3 Å². The highest BCUT2D eigenvalue weighted by molar-refractivity contribution is 5.89. The van der Waals surface area contributed by atoms with Crippen LogP contribution < -0.4 is 21.7 Å². The van der Waals surface area contributed by atoms with Gasteiger partial charge < -0.3 is 26.4 Å². The van der Waals surface area contributed by atoms with Crippen LogP contribution in [0.2, 0.25) is 0 Å². The lowest BCUT2D eigenvalue weighted by Gasteiger charge is -2.19. The van der Waals surface area contributed by atoms with E-state index in [1.54, 1.807) is 24.3 Å². The minimum absolute atomic E-state index is 0.0101. The Morgan fingerprint density at radius 1 is 0.865 bits per heavy atom. The maximum atomic E-state index is 12.4. The third kappa shape index (κ3) is 10.4. The van der Waals surface area contributed by atoms with Gasteiger partial charge in [0, 0.05) is 13.0 Å². The van der Waals surface area contributed by atoms with E-state index in [0.717, 1.165) is 11.1 Å². The molecule has 1 atom stereocenters. The Labute approximate surface area is 209 Å². The SMILES string of the molecule is NC(=O)NCCCC(=O)NCC(=O)NC(CC(=O)OC(=O)C(F)(F)F)c1ccc(-c2ccccc2)cc1. The van der Waals surface area contributed by atoms with E-state index in [4.69, 9.17) is 5.73 Å². The summed E-state index contributed by atoms with van der Waals surface area (Å²) < 4.78 is 41.2. The topological polar surface area (TPSA) is 157 Å². The van der Waals surface area contributed by atoms with Crippen LogP contribution in [0.15, 0.2) is 54.6 Å². The van der Waals surface area contributed by atoms with Crippen LogP contribution >= 0.6 is 0 Å². The van der Waals surface area contributed by atoms with Crippen molar-refractivity contribution in [1.82, 2.24) is 16.0 Å². The minimum Gasteiger partial charge on any atom is -0.386 e. The molecule has 0 spiro atoms. The highest BCUT2D eigenvalue weighted by Gasteiger charge is 2.42. The van der Waals surface area contributed by atoms with Crippen molar-refractivity contribution in [3.8, 4) is 11.1 Å². The molecule has 1 unspecified atom stereocenters. The molecule has 0 fully saturated rings. The van der Waals surface area contributed by atoms with Gasteiger partial charge in [0.15, 0.2) is 0 Å². The summed E-state index contributed by atoms with van der Waals surface area (Å²) in [6, 6.07) is 13.9. The lowest BCUT2D eigenvalue weighted by molar-refractivity contribution is -0.202. The molecule has 0 heterocycles. The molecular formula is C24H25F3N4O6. The summed E-state index contributed by atoms with van der Waals surface area (Å²) in [4.78, 5) is 57.9. The van der Waals surface area contributed by atoms with Crippen LogP contribution in [0.4, 0.5) is 18.0 Å². The third-order valence-electron chi connectivity index (χ3n) is 4.89. The van der Waals surface area contributed by atoms with Gasteiger partial charge in [-0.2, -0.15) is 13.2 Å². The Balaban J connectivity index is 2.05. The Morgan fingerprint density at radius 3 is 2.08 bits per heavy atom. The van der Waals surface area contributed by atoms with Gasteiger partial charge in [0.05, 0.1) is 19.0 Å². The van der Waals surface area contributed by atoms with Gasteiger partial charge >= 0.3 is 24.1 Å². The number of carbonyl (C=O) groups is 5. The second-order valence-corrected chi connectivity index (χ2v) is 7.74. The molecule has 10 nitrogen and oxygen atoms in total. The van der Waals surface area contributed by atoms with Crippen molar-refractivity contribution in [2.75, 3.05) is 13.1 Å². The number of nitrogens with one attached hydrogen (secondary N) is 3. The summed E-state index contributed by atoms with van der Waals surface area (Å²) in [7, 11) is 0. The molecule has 0 aliphatic carbocycles. The highest BCUT2D eigenvalue weighted by Crippen LogP contribution is 2.24. The largest absolute Gasteiger partial charge is 0.491 e. The first-order valence-electron chi connectivity index (χ1n) is 11.0. The van der Waals surface area contributed by atoms with Gasteiger partial charge in [-0.05, 0) is 23.1 Å². The molecule has 0 saturated heterocycles. The smallest absolute Gasteiger partial charge is 0.386 e. The zero-order valence-electron chi connectivity index (χ0n) is 19.5. The Hall–Kier alpha value is -4.42. The standard InChI is InChI=1S/C24H25F3N4O6/c25-24(26,27)22(35)37-21(34)13-18(17-10-8-16(9-11-17)15-5-2-1-3-6-15)31-20(33)14-30-19(32)7-4-12-29-23(28)36/h1-3,5-6,8-11,18H,4,7,12-14H2,(H,30,32)(H,31,33)(H3,28,29,36). The van der Waals surface area contributed by atoms with E-state index in [1.165, 1.54) is 0 Å². The number of amides is 4. The van der Waals surface area contributed by atoms with Gasteiger partial charge in [-0.15, -0.1) is 0 Å². The maximum Gasteiger partial charge on any atom is 0.491 e. The van der Waals surface area contributed by atoms with E-state index < -0.39 is 55.0 Å². The normalized spacial score (nSPS) is 11.6. The van der Waals surface area contributed by atoms with E-state index in [9.17, 15) is 37.1 Å². The zero-order valence-corrected chi connectivity index (χ0v) is 19.5. The number of hydrogen-bond acceptors (Lipinski definition) is 6. The first-order chi connectivity index (χ1) is 17.5. The number of primary amides is 1. The van der Waals surface area contributed by atoms with Crippen molar-refractivity contribution in [3.05, 3.63) is 60.2 Å². The van der Waals surface area contributed by atoms with E-state index in [-0.39, 0.29) is 19.4 Å². The molecule has 13 heteroatoms. The first kappa shape index (κ1) is 28.8. The van der Waals surface area contributed by atoms with Gasteiger partial charge in [-0.25, -0.2) is 9.59 Å². The Kier molecular flexibility index (Phi) is 10.6. The van der Waals surface area contributed by atoms with Gasteiger partial charge in [-0.1, -0.05) is 54.6 Å². The van der Waals surface area contributed by atoms with Crippen molar-refractivity contribution in [2.24, 2.45) is 5.73 Å². The van der Waals surface area contributed by atoms with E-state index >= 15 is 0 Å². The lowest BCUT2D eigenvalue weighted by Crippen LogP contribution is -2.40. The fourth-order valence-corrected chi connectivity index (χ4v) is 3.13. The molecule has 4 amide bonds. The second kappa shape index (κ2) is 13.6. The number of ether oxygens (including phenoxy) is 1. The van der Waals surface area contributed by atoms with Crippen molar-refractivity contribution in [1.29, 1.82) is 0 Å². The summed E-state index contributed by atoms with van der Waals surface area (Å²) in [6.45, 7) is -0.327. The Morgan fingerprint density at radius 2 is 1.49 bits per heavy atom. The summed E-state index contributed by atoms with van der Waals surface area (Å²) >= 11 is 0. The molecule has 0 radical (unpaired) electrons. The molecule has 37 heavy (non-hydrogen) atoms. The van der Waals surface area contributed by atoms with Crippen LogP contribution in [-0.2, 0) is 23.9 Å². The Bertz CT molecular complexity index is 1110. The van der Waals surface area contributed by atoms with E-state index in [2.05, 4.69) is 20.7 Å². The van der Waals surface area contributed by atoms with Crippen molar-refractivity contribution < 1.29 is 41.9 Å². The summed E-state index contributed by atoms with van der Waals surface area (Å²) in [5.74, 6) is -5.40. The molecule has 2 rings (SSSR count). The van der Waals surface area contributed by atoms with Gasteiger partial charge in [0.2, 0.25) is 11.8 Å². The lowest BCUT2D eigenvalue weighted by atomic mass is 9.99. The minimum atomic E-state index is -5.36. The predicted molar refractivity (Wildman–Crippen MR) is 124 cm³/mol. The fraction of sp³-hybridized carbons (Fsp3) is 0.292. The van der Waals surface area contributed by atoms with E-state index in [0.29, 0.717) is 5.56 Å². The van der Waals surface area contributed by atoms with Gasteiger partial charge in [0.25, 0.3) is 0 Å². The molecule has 0 aromatic heterocycles. The summed E-state index contributed by atoms with van der Waals surface area (Å²) in [6.07, 6.45) is -5.87. The summed E-state index contributed by atoms with van der Waals surface area (Å²) in [5.41, 5.74) is 6.96. The van der Waals surface area contributed by atoms with Crippen LogP contribution in [0.3, 0.4) is 0 Å². The molecule has 0 aliphatic rings. The van der Waals surface area contributed by atoms with Crippen molar-refractivity contribution >= 4 is 29.8 Å². The number of carbonyl (C=O) groups excluding carboxylic acids is 5. The van der Waals surface area contributed by atoms with Crippen LogP contribution in [0.25, 0.3) is 11.1 Å². The van der Waals surface area contributed by atoms with Crippen molar-refractivity contribution in [2.45, 2.75) is 31.5 Å². The van der Waals surface area contributed by atoms with Crippen LogP contribution in [0.5, 0.6) is 0 Å². The molecule has 0 saturated carbocycles. The number of halogens is 3. The average molecular weight is 522 g/mol. The molecule has 0 bridgehead atoms.